The van der Waals surface area contributed by atoms with Crippen LogP contribution in [0.3, 0.4) is 0 Å². The summed E-state index contributed by atoms with van der Waals surface area (Å²) in [7, 11) is 0. The molecule has 4 aromatic rings. The SMILES string of the molecule is Cc1ccccc1-n1c(SCC(=O)N2CCCCC2C)nnc1-c1c[nH]c2ccccc12. The van der Waals surface area contributed by atoms with Crippen LogP contribution in [0.2, 0.25) is 0 Å². The van der Waals surface area contributed by atoms with Gasteiger partial charge in [0.05, 0.1) is 11.4 Å². The molecule has 0 spiro atoms. The first-order valence-corrected chi connectivity index (χ1v) is 12.1. The molecule has 32 heavy (non-hydrogen) atoms. The first-order valence-electron chi connectivity index (χ1n) is 11.1. The number of carbonyl (C=O) groups excluding carboxylic acids is 1. The number of likely N-dealkylation sites (tertiary alicyclic amines) is 1. The van der Waals surface area contributed by atoms with Gasteiger partial charge in [-0.1, -0.05) is 48.2 Å². The van der Waals surface area contributed by atoms with E-state index in [0.717, 1.165) is 58.1 Å². The number of aromatic nitrogens is 4. The van der Waals surface area contributed by atoms with Crippen molar-refractivity contribution in [1.29, 1.82) is 0 Å². The van der Waals surface area contributed by atoms with Crippen molar-refractivity contribution in [3.8, 4) is 17.1 Å². The van der Waals surface area contributed by atoms with Crippen LogP contribution in [0.15, 0.2) is 59.9 Å². The minimum atomic E-state index is 0.176. The second-order valence-electron chi connectivity index (χ2n) is 8.40. The van der Waals surface area contributed by atoms with Crippen LogP contribution < -0.4 is 0 Å². The average Bonchev–Trinajstić information content (AvgIpc) is 3.42. The number of nitrogens with one attached hydrogen (secondary N) is 1. The summed E-state index contributed by atoms with van der Waals surface area (Å²) >= 11 is 1.47. The fourth-order valence-electron chi connectivity index (χ4n) is 4.50. The van der Waals surface area contributed by atoms with Crippen molar-refractivity contribution in [2.45, 2.75) is 44.3 Å². The summed E-state index contributed by atoms with van der Waals surface area (Å²) in [5, 5.41) is 10.9. The molecule has 1 aliphatic rings. The molecule has 1 N–H and O–H groups in total. The van der Waals surface area contributed by atoms with E-state index in [1.165, 1.54) is 18.2 Å². The minimum absolute atomic E-state index is 0.176. The lowest BCUT2D eigenvalue weighted by molar-refractivity contribution is -0.131. The fraction of sp³-hybridized carbons (Fsp3) is 0.320. The van der Waals surface area contributed by atoms with Crippen molar-refractivity contribution in [2.75, 3.05) is 12.3 Å². The second kappa shape index (κ2) is 8.82. The van der Waals surface area contributed by atoms with E-state index >= 15 is 0 Å². The maximum absolute atomic E-state index is 12.9. The molecule has 2 aromatic carbocycles. The van der Waals surface area contributed by atoms with Crippen molar-refractivity contribution < 1.29 is 4.79 Å². The number of H-pyrrole nitrogens is 1. The maximum atomic E-state index is 12.9. The lowest BCUT2D eigenvalue weighted by Gasteiger charge is -2.33. The van der Waals surface area contributed by atoms with E-state index in [0.29, 0.717) is 11.8 Å². The number of thioether (sulfide) groups is 1. The third kappa shape index (κ3) is 3.81. The zero-order chi connectivity index (χ0) is 22.1. The summed E-state index contributed by atoms with van der Waals surface area (Å²) < 4.78 is 2.09. The molecule has 7 heteroatoms. The van der Waals surface area contributed by atoms with E-state index < -0.39 is 0 Å². The normalized spacial score (nSPS) is 16.6. The Hall–Kier alpha value is -3.06. The van der Waals surface area contributed by atoms with E-state index in [-0.39, 0.29) is 5.91 Å². The number of hydrogen-bond acceptors (Lipinski definition) is 4. The van der Waals surface area contributed by atoms with Crippen molar-refractivity contribution in [3.63, 3.8) is 0 Å². The zero-order valence-corrected chi connectivity index (χ0v) is 19.2. The van der Waals surface area contributed by atoms with Gasteiger partial charge in [-0.2, -0.15) is 0 Å². The van der Waals surface area contributed by atoms with Gasteiger partial charge >= 0.3 is 0 Å². The van der Waals surface area contributed by atoms with Gasteiger partial charge in [-0.25, -0.2) is 0 Å². The number of carbonyl (C=O) groups is 1. The highest BCUT2D eigenvalue weighted by Crippen LogP contribution is 2.33. The number of rotatable bonds is 5. The summed E-state index contributed by atoms with van der Waals surface area (Å²) in [4.78, 5) is 18.3. The molecule has 0 bridgehead atoms. The quantitative estimate of drug-likeness (QED) is 0.428. The van der Waals surface area contributed by atoms with Crippen LogP contribution in [0.25, 0.3) is 28.0 Å². The summed E-state index contributed by atoms with van der Waals surface area (Å²) in [5.41, 5.74) is 4.22. The van der Waals surface area contributed by atoms with Gasteiger partial charge in [0.2, 0.25) is 5.91 Å². The highest BCUT2D eigenvalue weighted by molar-refractivity contribution is 7.99. The molecule has 1 fully saturated rings. The van der Waals surface area contributed by atoms with Crippen LogP contribution in [0.4, 0.5) is 0 Å². The zero-order valence-electron chi connectivity index (χ0n) is 18.4. The number of para-hydroxylation sites is 2. The van der Waals surface area contributed by atoms with Crippen LogP contribution in [0.5, 0.6) is 0 Å². The number of aromatic amines is 1. The number of nitrogens with zero attached hydrogens (tertiary/aromatic N) is 4. The van der Waals surface area contributed by atoms with Crippen molar-refractivity contribution in [3.05, 3.63) is 60.3 Å². The lowest BCUT2D eigenvalue weighted by atomic mass is 10.0. The molecule has 0 aliphatic carbocycles. The van der Waals surface area contributed by atoms with Crippen LogP contribution in [0, 0.1) is 6.92 Å². The van der Waals surface area contributed by atoms with E-state index in [1.807, 2.05) is 35.4 Å². The number of aryl methyl sites for hydroxylation is 1. The summed E-state index contributed by atoms with van der Waals surface area (Å²) in [6.07, 6.45) is 5.36. The smallest absolute Gasteiger partial charge is 0.233 e. The number of amides is 1. The molecule has 1 aliphatic heterocycles. The maximum Gasteiger partial charge on any atom is 0.233 e. The van der Waals surface area contributed by atoms with Gasteiger partial charge in [0.25, 0.3) is 0 Å². The number of benzene rings is 2. The molecule has 164 valence electrons. The van der Waals surface area contributed by atoms with Gasteiger partial charge in [-0.15, -0.1) is 10.2 Å². The molecule has 1 atom stereocenters. The standard InChI is InChI=1S/C25H27N5OS/c1-17-9-3-6-13-22(17)30-24(20-15-26-21-12-5-4-11-19(20)21)27-28-25(30)32-16-23(31)29-14-8-7-10-18(29)2/h3-6,9,11-13,15,18,26H,7-8,10,14,16H2,1-2H3. The lowest BCUT2D eigenvalue weighted by Crippen LogP contribution is -2.42. The molecule has 3 heterocycles. The van der Waals surface area contributed by atoms with Crippen molar-refractivity contribution in [1.82, 2.24) is 24.6 Å². The first kappa shape index (κ1) is 20.8. The van der Waals surface area contributed by atoms with Crippen molar-refractivity contribution in [2.24, 2.45) is 0 Å². The molecule has 5 rings (SSSR count). The topological polar surface area (TPSA) is 66.8 Å². The molecule has 0 saturated carbocycles. The van der Waals surface area contributed by atoms with E-state index in [4.69, 9.17) is 0 Å². The predicted octanol–water partition coefficient (Wildman–Crippen LogP) is 5.22. The van der Waals surface area contributed by atoms with Gasteiger partial charge in [0.1, 0.15) is 0 Å². The predicted molar refractivity (Wildman–Crippen MR) is 129 cm³/mol. The fourth-order valence-corrected chi connectivity index (χ4v) is 5.33. The van der Waals surface area contributed by atoms with Gasteiger partial charge in [0, 0.05) is 35.2 Å². The molecular weight excluding hydrogens is 418 g/mol. The Kier molecular flexibility index (Phi) is 5.74. The van der Waals surface area contributed by atoms with Gasteiger partial charge < -0.3 is 9.88 Å². The molecule has 6 nitrogen and oxygen atoms in total. The molecule has 1 saturated heterocycles. The Labute approximate surface area is 192 Å². The largest absolute Gasteiger partial charge is 0.360 e. The van der Waals surface area contributed by atoms with E-state index in [2.05, 4.69) is 57.9 Å². The minimum Gasteiger partial charge on any atom is -0.360 e. The molecule has 0 radical (unpaired) electrons. The van der Waals surface area contributed by atoms with E-state index in [9.17, 15) is 4.79 Å². The Bertz CT molecular complexity index is 1260. The Morgan fingerprint density at radius 1 is 1.12 bits per heavy atom. The third-order valence-electron chi connectivity index (χ3n) is 6.27. The van der Waals surface area contributed by atoms with Crippen LogP contribution in [0.1, 0.15) is 31.7 Å². The number of fused-ring (bicyclic) bond motifs is 1. The summed E-state index contributed by atoms with van der Waals surface area (Å²) in [6, 6.07) is 16.7. The highest BCUT2D eigenvalue weighted by atomic mass is 32.2. The van der Waals surface area contributed by atoms with Gasteiger partial charge in [-0.3, -0.25) is 9.36 Å². The number of hydrogen-bond donors (Lipinski definition) is 1. The average molecular weight is 446 g/mol. The Balaban J connectivity index is 1.52. The van der Waals surface area contributed by atoms with E-state index in [1.54, 1.807) is 0 Å². The first-order chi connectivity index (χ1) is 15.6. The van der Waals surface area contributed by atoms with Crippen LogP contribution in [-0.4, -0.2) is 48.9 Å². The second-order valence-corrected chi connectivity index (χ2v) is 9.34. The van der Waals surface area contributed by atoms with Gasteiger partial charge in [-0.05, 0) is 50.8 Å². The van der Waals surface area contributed by atoms with Crippen LogP contribution >= 0.6 is 11.8 Å². The molecule has 2 aromatic heterocycles. The van der Waals surface area contributed by atoms with Gasteiger partial charge in [0.15, 0.2) is 11.0 Å². The Morgan fingerprint density at radius 2 is 1.94 bits per heavy atom. The van der Waals surface area contributed by atoms with Crippen LogP contribution in [-0.2, 0) is 4.79 Å². The molecular formula is C25H27N5OS. The summed E-state index contributed by atoms with van der Waals surface area (Å²) in [5.74, 6) is 1.32. The highest BCUT2D eigenvalue weighted by Gasteiger charge is 2.25. The van der Waals surface area contributed by atoms with Crippen molar-refractivity contribution >= 4 is 28.6 Å². The molecule has 1 amide bonds. The molecule has 1 unspecified atom stereocenters. The monoisotopic (exact) mass is 445 g/mol. The Morgan fingerprint density at radius 3 is 2.78 bits per heavy atom. The number of piperidine rings is 1. The third-order valence-corrected chi connectivity index (χ3v) is 7.18. The summed E-state index contributed by atoms with van der Waals surface area (Å²) in [6.45, 7) is 5.08.